The van der Waals surface area contributed by atoms with Gasteiger partial charge >= 0.3 is 0 Å². The molecule has 1 amide bonds. The van der Waals surface area contributed by atoms with Gasteiger partial charge in [0.25, 0.3) is 0 Å². The summed E-state index contributed by atoms with van der Waals surface area (Å²) in [6.45, 7) is 2.00. The standard InChI is InChI=1S/C17H17F2NO2/c1-12(22-11-13-5-3-2-4-6-13)17(21)20-10-14-7-15(18)9-16(19)8-14/h2-9,12H,10-11H2,1H3,(H,20,21)/t12-/m0/s1. The first kappa shape index (κ1) is 16.1. The van der Waals surface area contributed by atoms with Crippen LogP contribution in [0.1, 0.15) is 18.1 Å². The fraction of sp³-hybridized carbons (Fsp3) is 0.235. The monoisotopic (exact) mass is 305 g/mol. The fourth-order valence-corrected chi connectivity index (χ4v) is 1.92. The zero-order valence-corrected chi connectivity index (χ0v) is 12.2. The maximum absolute atomic E-state index is 13.0. The Balaban J connectivity index is 1.81. The van der Waals surface area contributed by atoms with Gasteiger partial charge in [-0.05, 0) is 30.2 Å². The predicted molar refractivity (Wildman–Crippen MR) is 78.9 cm³/mol. The third-order valence-corrected chi connectivity index (χ3v) is 3.10. The van der Waals surface area contributed by atoms with Crippen LogP contribution in [0.4, 0.5) is 8.78 Å². The molecule has 116 valence electrons. The van der Waals surface area contributed by atoms with Crippen molar-refractivity contribution in [3.63, 3.8) is 0 Å². The number of amides is 1. The minimum Gasteiger partial charge on any atom is -0.364 e. The fourth-order valence-electron chi connectivity index (χ4n) is 1.92. The molecule has 0 unspecified atom stereocenters. The van der Waals surface area contributed by atoms with Gasteiger partial charge < -0.3 is 10.1 Å². The molecule has 3 nitrogen and oxygen atoms in total. The summed E-state index contributed by atoms with van der Waals surface area (Å²) in [5.74, 6) is -1.67. The highest BCUT2D eigenvalue weighted by Crippen LogP contribution is 2.08. The summed E-state index contributed by atoms with van der Waals surface area (Å²) in [7, 11) is 0. The molecule has 0 aliphatic carbocycles. The summed E-state index contributed by atoms with van der Waals surface area (Å²) in [5.41, 5.74) is 1.33. The summed E-state index contributed by atoms with van der Waals surface area (Å²) >= 11 is 0. The molecular weight excluding hydrogens is 288 g/mol. The molecule has 1 atom stereocenters. The lowest BCUT2D eigenvalue weighted by Crippen LogP contribution is -2.34. The largest absolute Gasteiger partial charge is 0.364 e. The first-order valence-corrected chi connectivity index (χ1v) is 6.93. The predicted octanol–water partition coefficient (Wildman–Crippen LogP) is 3.19. The number of benzene rings is 2. The maximum Gasteiger partial charge on any atom is 0.249 e. The van der Waals surface area contributed by atoms with Gasteiger partial charge in [-0.1, -0.05) is 30.3 Å². The molecule has 0 radical (unpaired) electrons. The van der Waals surface area contributed by atoms with Crippen molar-refractivity contribution in [1.82, 2.24) is 5.32 Å². The Bertz CT molecular complexity index is 612. The molecule has 0 heterocycles. The average Bonchev–Trinajstić information content (AvgIpc) is 2.50. The molecule has 0 aliphatic heterocycles. The summed E-state index contributed by atoms with van der Waals surface area (Å²) in [6.07, 6.45) is -0.654. The van der Waals surface area contributed by atoms with Gasteiger partial charge in [0.05, 0.1) is 6.61 Å². The van der Waals surface area contributed by atoms with Crippen LogP contribution in [0.25, 0.3) is 0 Å². The Morgan fingerprint density at radius 3 is 2.36 bits per heavy atom. The van der Waals surface area contributed by atoms with E-state index in [9.17, 15) is 13.6 Å². The number of halogens is 2. The molecule has 0 aromatic heterocycles. The molecule has 0 spiro atoms. The number of carbonyl (C=O) groups excluding carboxylic acids is 1. The first-order valence-electron chi connectivity index (χ1n) is 6.93. The molecule has 5 heteroatoms. The zero-order valence-electron chi connectivity index (χ0n) is 12.2. The SMILES string of the molecule is C[C@H](OCc1ccccc1)C(=O)NCc1cc(F)cc(F)c1. The van der Waals surface area contributed by atoms with Gasteiger partial charge in [0.1, 0.15) is 17.7 Å². The van der Waals surface area contributed by atoms with Crippen LogP contribution in [-0.2, 0) is 22.7 Å². The van der Waals surface area contributed by atoms with Crippen molar-refractivity contribution in [2.75, 3.05) is 0 Å². The van der Waals surface area contributed by atoms with Crippen molar-refractivity contribution >= 4 is 5.91 Å². The third kappa shape index (κ3) is 4.93. The van der Waals surface area contributed by atoms with Crippen LogP contribution in [0.3, 0.4) is 0 Å². The van der Waals surface area contributed by atoms with Crippen LogP contribution in [0, 0.1) is 11.6 Å². The Kier molecular flexibility index (Phi) is 5.61. The van der Waals surface area contributed by atoms with E-state index in [0.717, 1.165) is 11.6 Å². The van der Waals surface area contributed by atoms with E-state index in [4.69, 9.17) is 4.74 Å². The molecule has 0 fully saturated rings. The Morgan fingerprint density at radius 1 is 1.09 bits per heavy atom. The van der Waals surface area contributed by atoms with E-state index in [-0.39, 0.29) is 12.5 Å². The maximum atomic E-state index is 13.0. The van der Waals surface area contributed by atoms with Crippen LogP contribution in [-0.4, -0.2) is 12.0 Å². The molecule has 2 rings (SSSR count). The van der Waals surface area contributed by atoms with Crippen molar-refractivity contribution in [3.05, 3.63) is 71.3 Å². The lowest BCUT2D eigenvalue weighted by molar-refractivity contribution is -0.132. The zero-order chi connectivity index (χ0) is 15.9. The summed E-state index contributed by atoms with van der Waals surface area (Å²) in [6, 6.07) is 12.6. The molecule has 0 saturated heterocycles. The van der Waals surface area contributed by atoms with Crippen molar-refractivity contribution in [1.29, 1.82) is 0 Å². The lowest BCUT2D eigenvalue weighted by atomic mass is 10.2. The topological polar surface area (TPSA) is 38.3 Å². The van der Waals surface area contributed by atoms with E-state index in [1.807, 2.05) is 30.3 Å². The van der Waals surface area contributed by atoms with Gasteiger partial charge in [-0.25, -0.2) is 8.78 Å². The van der Waals surface area contributed by atoms with E-state index < -0.39 is 17.7 Å². The molecule has 0 aliphatic rings. The van der Waals surface area contributed by atoms with E-state index in [1.54, 1.807) is 6.92 Å². The second-order valence-corrected chi connectivity index (χ2v) is 4.93. The number of rotatable bonds is 6. The van der Waals surface area contributed by atoms with E-state index in [1.165, 1.54) is 12.1 Å². The van der Waals surface area contributed by atoms with Crippen molar-refractivity contribution in [3.8, 4) is 0 Å². The minimum atomic E-state index is -0.669. The Morgan fingerprint density at radius 2 is 1.73 bits per heavy atom. The number of nitrogens with one attached hydrogen (secondary N) is 1. The van der Waals surface area contributed by atoms with Crippen molar-refractivity contribution in [2.24, 2.45) is 0 Å². The second-order valence-electron chi connectivity index (χ2n) is 4.93. The molecular formula is C17H17F2NO2. The van der Waals surface area contributed by atoms with E-state index in [0.29, 0.717) is 12.2 Å². The normalized spacial score (nSPS) is 12.0. The van der Waals surface area contributed by atoms with Crippen LogP contribution < -0.4 is 5.32 Å². The lowest BCUT2D eigenvalue weighted by Gasteiger charge is -2.13. The van der Waals surface area contributed by atoms with Gasteiger partial charge in [0, 0.05) is 12.6 Å². The van der Waals surface area contributed by atoms with E-state index in [2.05, 4.69) is 5.32 Å². The van der Waals surface area contributed by atoms with Crippen LogP contribution in [0.5, 0.6) is 0 Å². The van der Waals surface area contributed by atoms with Crippen LogP contribution >= 0.6 is 0 Å². The van der Waals surface area contributed by atoms with Crippen molar-refractivity contribution < 1.29 is 18.3 Å². The number of hydrogen-bond donors (Lipinski definition) is 1. The Hall–Kier alpha value is -2.27. The average molecular weight is 305 g/mol. The number of ether oxygens (including phenoxy) is 1. The van der Waals surface area contributed by atoms with Gasteiger partial charge in [0.15, 0.2) is 0 Å². The highest BCUT2D eigenvalue weighted by Gasteiger charge is 2.13. The molecule has 0 bridgehead atoms. The summed E-state index contributed by atoms with van der Waals surface area (Å²) < 4.78 is 31.5. The smallest absolute Gasteiger partial charge is 0.249 e. The highest BCUT2D eigenvalue weighted by molar-refractivity contribution is 5.80. The minimum absolute atomic E-state index is 0.0482. The Labute approximate surface area is 127 Å². The number of hydrogen-bond acceptors (Lipinski definition) is 2. The van der Waals surface area contributed by atoms with Crippen LogP contribution in [0.15, 0.2) is 48.5 Å². The third-order valence-electron chi connectivity index (χ3n) is 3.10. The highest BCUT2D eigenvalue weighted by atomic mass is 19.1. The van der Waals surface area contributed by atoms with Gasteiger partial charge in [-0.15, -0.1) is 0 Å². The van der Waals surface area contributed by atoms with Gasteiger partial charge in [-0.3, -0.25) is 4.79 Å². The van der Waals surface area contributed by atoms with Gasteiger partial charge in [-0.2, -0.15) is 0 Å². The quantitative estimate of drug-likeness (QED) is 0.890. The molecule has 0 saturated carbocycles. The number of carbonyl (C=O) groups is 1. The summed E-state index contributed by atoms with van der Waals surface area (Å²) in [5, 5.41) is 2.59. The first-order chi connectivity index (χ1) is 10.5. The molecule has 22 heavy (non-hydrogen) atoms. The molecule has 2 aromatic rings. The molecule has 2 aromatic carbocycles. The van der Waals surface area contributed by atoms with Gasteiger partial charge in [0.2, 0.25) is 5.91 Å². The second kappa shape index (κ2) is 7.66. The van der Waals surface area contributed by atoms with E-state index >= 15 is 0 Å². The van der Waals surface area contributed by atoms with Crippen LogP contribution in [0.2, 0.25) is 0 Å². The molecule has 1 N–H and O–H groups in total. The summed E-state index contributed by atoms with van der Waals surface area (Å²) in [4.78, 5) is 11.9. The van der Waals surface area contributed by atoms with Crippen molar-refractivity contribution in [2.45, 2.75) is 26.2 Å².